The molecule has 1 aromatic carbocycles. The Morgan fingerprint density at radius 3 is 2.40 bits per heavy atom. The van der Waals surface area contributed by atoms with Crippen LogP contribution >= 0.6 is 0 Å². The Hall–Kier alpha value is -1.88. The molecule has 0 unspecified atom stereocenters. The van der Waals surface area contributed by atoms with E-state index < -0.39 is 6.04 Å². The van der Waals surface area contributed by atoms with Crippen molar-refractivity contribution in [3.8, 4) is 0 Å². The van der Waals surface area contributed by atoms with Crippen LogP contribution in [0.4, 0.5) is 0 Å². The second kappa shape index (κ2) is 7.56. The number of benzene rings is 1. The van der Waals surface area contributed by atoms with E-state index in [4.69, 9.17) is 4.74 Å². The molecule has 1 atom stereocenters. The van der Waals surface area contributed by atoms with E-state index in [9.17, 15) is 9.59 Å². The largest absolute Gasteiger partial charge is 0.469 e. The average Bonchev–Trinajstić information content (AvgIpc) is 2.52. The lowest BCUT2D eigenvalue weighted by molar-refractivity contribution is -0.146. The molecule has 1 aliphatic heterocycles. The summed E-state index contributed by atoms with van der Waals surface area (Å²) in [4.78, 5) is 26.0. The van der Waals surface area contributed by atoms with Crippen LogP contribution in [0, 0.1) is 13.8 Å². The van der Waals surface area contributed by atoms with E-state index in [0.29, 0.717) is 13.1 Å². The molecular formula is C20H30N2O3. The monoisotopic (exact) mass is 346 g/mol. The van der Waals surface area contributed by atoms with Crippen LogP contribution in [-0.4, -0.2) is 43.0 Å². The van der Waals surface area contributed by atoms with Gasteiger partial charge in [-0.2, -0.15) is 0 Å². The van der Waals surface area contributed by atoms with Crippen molar-refractivity contribution in [3.63, 3.8) is 0 Å². The van der Waals surface area contributed by atoms with Gasteiger partial charge in [-0.1, -0.05) is 32.9 Å². The molecule has 0 saturated carbocycles. The van der Waals surface area contributed by atoms with Gasteiger partial charge < -0.3 is 10.1 Å². The maximum atomic E-state index is 12.2. The highest BCUT2D eigenvalue weighted by molar-refractivity contribution is 5.87. The van der Waals surface area contributed by atoms with Crippen LogP contribution in [0.3, 0.4) is 0 Å². The fraction of sp³-hybridized carbons (Fsp3) is 0.600. The third-order valence-corrected chi connectivity index (χ3v) is 4.95. The predicted octanol–water partition coefficient (Wildman–Crippen LogP) is 2.46. The Balaban J connectivity index is 2.27. The van der Waals surface area contributed by atoms with E-state index in [1.165, 1.54) is 29.4 Å². The Kier molecular flexibility index (Phi) is 5.88. The van der Waals surface area contributed by atoms with Gasteiger partial charge in [0, 0.05) is 19.6 Å². The highest BCUT2D eigenvalue weighted by Crippen LogP contribution is 2.28. The van der Waals surface area contributed by atoms with Crippen LogP contribution < -0.4 is 5.32 Å². The molecule has 0 spiro atoms. The van der Waals surface area contributed by atoms with E-state index in [2.05, 4.69) is 57.0 Å². The summed E-state index contributed by atoms with van der Waals surface area (Å²) in [5.41, 5.74) is 5.11. The van der Waals surface area contributed by atoms with Crippen LogP contribution in [0.2, 0.25) is 0 Å². The Morgan fingerprint density at radius 2 is 1.88 bits per heavy atom. The van der Waals surface area contributed by atoms with Crippen molar-refractivity contribution in [2.75, 3.05) is 20.2 Å². The first-order valence-electron chi connectivity index (χ1n) is 8.82. The molecule has 0 aliphatic carbocycles. The number of amides is 1. The molecule has 0 aromatic heterocycles. The number of nitrogens with one attached hydrogen (secondary N) is 1. The summed E-state index contributed by atoms with van der Waals surface area (Å²) < 4.78 is 4.75. The fourth-order valence-electron chi connectivity index (χ4n) is 3.29. The predicted molar refractivity (Wildman–Crippen MR) is 98.5 cm³/mol. The first-order chi connectivity index (χ1) is 11.6. The second-order valence-corrected chi connectivity index (χ2v) is 7.90. The molecule has 0 bridgehead atoms. The summed E-state index contributed by atoms with van der Waals surface area (Å²) in [5.74, 6) is -0.457. The number of methoxy groups -OCH3 is 1. The zero-order valence-corrected chi connectivity index (χ0v) is 16.2. The van der Waals surface area contributed by atoms with Gasteiger partial charge in [0.15, 0.2) is 0 Å². The summed E-state index contributed by atoms with van der Waals surface area (Å²) in [6, 6.07) is 4.01. The summed E-state index contributed by atoms with van der Waals surface area (Å²) in [7, 11) is 1.35. The molecule has 5 nitrogen and oxygen atoms in total. The lowest BCUT2D eigenvalue weighted by Gasteiger charge is -2.35. The number of rotatable bonds is 4. The van der Waals surface area contributed by atoms with Crippen LogP contribution in [0.1, 0.15) is 49.4 Å². The molecule has 0 radical (unpaired) electrons. The number of carbonyl (C=O) groups is 2. The smallest absolute Gasteiger partial charge is 0.307 e. The number of esters is 1. The third kappa shape index (κ3) is 4.60. The Morgan fingerprint density at radius 1 is 1.28 bits per heavy atom. The summed E-state index contributed by atoms with van der Waals surface area (Å²) in [5, 5.41) is 2.85. The number of hydrogen-bond acceptors (Lipinski definition) is 4. The molecule has 1 amide bonds. The molecule has 1 saturated heterocycles. The van der Waals surface area contributed by atoms with Crippen LogP contribution in [0.25, 0.3) is 0 Å². The molecule has 1 aromatic rings. The first-order valence-corrected chi connectivity index (χ1v) is 8.82. The zero-order valence-electron chi connectivity index (χ0n) is 16.2. The Bertz CT molecular complexity index is 638. The lowest BCUT2D eigenvalue weighted by Crippen LogP contribution is -2.55. The van der Waals surface area contributed by atoms with E-state index >= 15 is 0 Å². The number of carbonyl (C=O) groups excluding carboxylic acids is 2. The van der Waals surface area contributed by atoms with Gasteiger partial charge in [-0.3, -0.25) is 14.5 Å². The second-order valence-electron chi connectivity index (χ2n) is 7.90. The van der Waals surface area contributed by atoms with Crippen LogP contribution in [0.15, 0.2) is 12.1 Å². The minimum Gasteiger partial charge on any atom is -0.469 e. The van der Waals surface area contributed by atoms with Gasteiger partial charge in [0.1, 0.15) is 6.04 Å². The molecule has 1 N–H and O–H groups in total. The third-order valence-electron chi connectivity index (χ3n) is 4.95. The SMILES string of the molecule is COC(=O)C[C@@H]1C(=O)NCCN1Cc1c(C)cc(C(C)(C)C)cc1C. The molecule has 1 aliphatic rings. The minimum atomic E-state index is -0.470. The number of nitrogens with zero attached hydrogens (tertiary/aromatic N) is 1. The van der Waals surface area contributed by atoms with Gasteiger partial charge >= 0.3 is 5.97 Å². The van der Waals surface area contributed by atoms with Crippen molar-refractivity contribution >= 4 is 11.9 Å². The first kappa shape index (κ1) is 19.4. The molecule has 1 heterocycles. The van der Waals surface area contributed by atoms with E-state index in [0.717, 1.165) is 6.54 Å². The maximum absolute atomic E-state index is 12.2. The van der Waals surface area contributed by atoms with Gasteiger partial charge in [0.25, 0.3) is 0 Å². The topological polar surface area (TPSA) is 58.6 Å². The van der Waals surface area contributed by atoms with Crippen molar-refractivity contribution in [1.82, 2.24) is 10.2 Å². The van der Waals surface area contributed by atoms with Gasteiger partial charge in [-0.15, -0.1) is 0 Å². The zero-order chi connectivity index (χ0) is 18.8. The van der Waals surface area contributed by atoms with Gasteiger partial charge in [-0.05, 0) is 41.5 Å². The lowest BCUT2D eigenvalue weighted by atomic mass is 9.83. The highest BCUT2D eigenvalue weighted by atomic mass is 16.5. The summed E-state index contributed by atoms with van der Waals surface area (Å²) >= 11 is 0. The fourth-order valence-corrected chi connectivity index (χ4v) is 3.29. The van der Waals surface area contributed by atoms with Crippen LogP contribution in [0.5, 0.6) is 0 Å². The molecule has 25 heavy (non-hydrogen) atoms. The molecular weight excluding hydrogens is 316 g/mol. The Labute approximate surface area is 150 Å². The molecule has 1 fully saturated rings. The highest BCUT2D eigenvalue weighted by Gasteiger charge is 2.32. The molecule has 2 rings (SSSR count). The van der Waals surface area contributed by atoms with Crippen molar-refractivity contribution in [3.05, 3.63) is 34.4 Å². The van der Waals surface area contributed by atoms with Gasteiger partial charge in [0.05, 0.1) is 13.5 Å². The molecule has 5 heteroatoms. The average molecular weight is 346 g/mol. The number of piperazine rings is 1. The number of hydrogen-bond donors (Lipinski definition) is 1. The number of aryl methyl sites for hydroxylation is 2. The van der Waals surface area contributed by atoms with Crippen molar-refractivity contribution in [2.24, 2.45) is 0 Å². The van der Waals surface area contributed by atoms with E-state index in [-0.39, 0.29) is 23.7 Å². The summed E-state index contributed by atoms with van der Waals surface area (Å²) in [6.07, 6.45) is 0.0838. The van der Waals surface area contributed by atoms with Crippen molar-refractivity contribution in [1.29, 1.82) is 0 Å². The minimum absolute atomic E-state index is 0.0838. The maximum Gasteiger partial charge on any atom is 0.307 e. The standard InChI is InChI=1S/C20H30N2O3/c1-13-9-15(20(3,4)5)10-14(2)16(13)12-22-8-7-21-19(24)17(22)11-18(23)25-6/h9-10,17H,7-8,11-12H2,1-6H3,(H,21,24)/t17-/m1/s1. The summed E-state index contributed by atoms with van der Waals surface area (Å²) in [6.45, 7) is 12.9. The van der Waals surface area contributed by atoms with Crippen molar-refractivity contribution < 1.29 is 14.3 Å². The van der Waals surface area contributed by atoms with E-state index in [1.54, 1.807) is 0 Å². The quantitative estimate of drug-likeness (QED) is 0.851. The molecule has 138 valence electrons. The van der Waals surface area contributed by atoms with Crippen molar-refractivity contribution in [2.45, 2.75) is 59.0 Å². The van der Waals surface area contributed by atoms with E-state index in [1.807, 2.05) is 0 Å². The normalized spacial score (nSPS) is 18.8. The van der Waals surface area contributed by atoms with Gasteiger partial charge in [-0.25, -0.2) is 0 Å². The number of ether oxygens (including phenoxy) is 1. The van der Waals surface area contributed by atoms with Crippen LogP contribution in [-0.2, 0) is 26.3 Å². The van der Waals surface area contributed by atoms with Gasteiger partial charge in [0.2, 0.25) is 5.91 Å².